The van der Waals surface area contributed by atoms with Gasteiger partial charge in [-0.1, -0.05) is 201 Å². The van der Waals surface area contributed by atoms with Gasteiger partial charge in [-0.05, 0) is 175 Å². The van der Waals surface area contributed by atoms with E-state index < -0.39 is 47.3 Å². The van der Waals surface area contributed by atoms with E-state index in [1.54, 1.807) is 22.9 Å². The number of nitrogens with zero attached hydrogens (tertiary/aromatic N) is 4. The monoisotopic (exact) mass is 1110 g/mol. The molecule has 3 heterocycles. The fourth-order valence-electron chi connectivity index (χ4n) is 12.1. The first-order valence-electron chi connectivity index (χ1n) is 35.7. The number of ether oxygens (including phenoxy) is 1. The predicted molar refractivity (Wildman–Crippen MR) is 353 cm³/mol. The number of hydrogen-bond donors (Lipinski definition) is 0. The van der Waals surface area contributed by atoms with E-state index in [9.17, 15) is 13.7 Å². The van der Waals surface area contributed by atoms with Crippen molar-refractivity contribution >= 4 is 44.6 Å². The maximum Gasteiger partial charge on any atom is 0.137 e. The second-order valence-corrected chi connectivity index (χ2v) is 27.5. The lowest BCUT2D eigenvalue weighted by atomic mass is 9.63. The molecule has 1 aliphatic heterocycles. The van der Waals surface area contributed by atoms with Crippen LogP contribution in [0, 0.1) is 5.92 Å². The van der Waals surface area contributed by atoms with Crippen LogP contribution in [0.4, 0.5) is 22.7 Å². The Morgan fingerprint density at radius 2 is 1.22 bits per heavy atom. The molecular weight excluding hydrogens is 1010 g/mol. The molecule has 0 spiro atoms. The minimum Gasteiger partial charge on any atom is -0.457 e. The molecule has 0 bridgehead atoms. The van der Waals surface area contributed by atoms with E-state index in [4.69, 9.17) is 13.8 Å². The van der Waals surface area contributed by atoms with Crippen molar-refractivity contribution in [2.24, 2.45) is 5.92 Å². The highest BCUT2D eigenvalue weighted by atomic mass is 16.5. The van der Waals surface area contributed by atoms with Crippen LogP contribution >= 0.6 is 0 Å². The van der Waals surface area contributed by atoms with Gasteiger partial charge in [-0.25, -0.2) is 4.98 Å². The Kier molecular flexibility index (Phi) is 10.4. The fraction of sp³-hybridized carbons (Fsp3) is 0.321. The Bertz CT molecular complexity index is 4860. The average Bonchev–Trinajstić information content (AvgIpc) is 1.22. The fourth-order valence-corrected chi connectivity index (χ4v) is 12.1. The first-order valence-corrected chi connectivity index (χ1v) is 29.2. The summed E-state index contributed by atoms with van der Waals surface area (Å²) in [5.41, 5.74) is 7.24. The molecule has 422 valence electrons. The van der Waals surface area contributed by atoms with Crippen molar-refractivity contribution < 1.29 is 22.6 Å². The topological polar surface area (TPSA) is 33.5 Å². The van der Waals surface area contributed by atoms with Gasteiger partial charge >= 0.3 is 0 Å². The van der Waals surface area contributed by atoms with Crippen molar-refractivity contribution in [1.29, 1.82) is 0 Å². The zero-order chi connectivity index (χ0) is 69.9. The van der Waals surface area contributed by atoms with Gasteiger partial charge < -0.3 is 14.5 Å². The lowest BCUT2D eigenvalue weighted by Gasteiger charge is -2.42. The van der Waals surface area contributed by atoms with E-state index in [2.05, 4.69) is 76.5 Å². The maximum atomic E-state index is 10.3. The summed E-state index contributed by atoms with van der Waals surface area (Å²) in [5, 5.41) is 0.965. The Labute approximate surface area is 513 Å². The molecule has 83 heavy (non-hydrogen) atoms. The average molecular weight is 1110 g/mol. The molecule has 0 atom stereocenters. The summed E-state index contributed by atoms with van der Waals surface area (Å²) in [6.45, 7) is 30.5. The number of hydrogen-bond acceptors (Lipinski definition) is 4. The standard InChI is InChI=1S/C78H84N4O/c1-50(2)41-51-42-63(53-29-27-52(28-30-53)60-34-32-55(74(3,4)5)45-66(60)76(9,10)11)73(64(43-51)54-31-36-65-67(44-54)78(14,15)39-38-77(65,12)13)81-49-80(69-25-18-19-26-70(69)81)57-21-20-22-58(47-57)83-59-33-35-62-61-23-16-17-24-68(61)82(71(62)48-59)72-46-56(37-40-79-72)75(6,7)8/h16-37,40,42-48,50H,38-39,41,49H2,1-15H3/i16D,17D,23D,24D,27D,28D,29D,30D,32D,34D,41D2,45D. The number of anilines is 4. The third kappa shape index (κ3) is 10.4. The molecule has 0 amide bonds. The van der Waals surface area contributed by atoms with Crippen LogP contribution in [0.25, 0.3) is 61.0 Å². The molecule has 0 saturated heterocycles. The zero-order valence-corrected chi connectivity index (χ0v) is 50.9. The van der Waals surface area contributed by atoms with Crippen molar-refractivity contribution in [3.8, 4) is 50.7 Å². The van der Waals surface area contributed by atoms with Gasteiger partial charge in [0.2, 0.25) is 0 Å². The van der Waals surface area contributed by atoms with Gasteiger partial charge in [0, 0.05) is 48.7 Å². The predicted octanol–water partition coefficient (Wildman–Crippen LogP) is 21.7. The Morgan fingerprint density at radius 1 is 0.566 bits per heavy atom. The van der Waals surface area contributed by atoms with Crippen LogP contribution in [0.15, 0.2) is 182 Å². The highest BCUT2D eigenvalue weighted by molar-refractivity contribution is 6.09. The van der Waals surface area contributed by atoms with Gasteiger partial charge in [0.1, 0.15) is 24.0 Å². The molecule has 5 nitrogen and oxygen atoms in total. The Balaban J connectivity index is 1.07. The minimum atomic E-state index is -1.97. The van der Waals surface area contributed by atoms with Crippen LogP contribution in [0.5, 0.6) is 11.5 Å². The van der Waals surface area contributed by atoms with Crippen LogP contribution in [0.2, 0.25) is 0 Å². The number of aromatic nitrogens is 2. The van der Waals surface area contributed by atoms with E-state index >= 15 is 0 Å². The smallest absolute Gasteiger partial charge is 0.137 e. The molecular formula is C78H84N4O. The first kappa shape index (κ1) is 42.0. The molecule has 10 aromatic rings. The van der Waals surface area contributed by atoms with Crippen molar-refractivity contribution in [1.82, 2.24) is 9.55 Å². The van der Waals surface area contributed by atoms with E-state index in [1.165, 1.54) is 5.56 Å². The van der Waals surface area contributed by atoms with E-state index in [0.29, 0.717) is 61.5 Å². The van der Waals surface area contributed by atoms with Gasteiger partial charge in [-0.2, -0.15) is 0 Å². The van der Waals surface area contributed by atoms with Crippen LogP contribution in [-0.2, 0) is 33.4 Å². The normalized spacial score (nSPS) is 17.5. The van der Waals surface area contributed by atoms with Crippen LogP contribution in [0.3, 0.4) is 0 Å². The van der Waals surface area contributed by atoms with Gasteiger partial charge in [0.05, 0.1) is 43.2 Å². The Morgan fingerprint density at radius 3 is 1.90 bits per heavy atom. The third-order valence-electron chi connectivity index (χ3n) is 16.8. The molecule has 12 rings (SSSR count). The molecule has 2 aromatic heterocycles. The molecule has 2 aliphatic rings. The minimum absolute atomic E-state index is 0.00918. The van der Waals surface area contributed by atoms with E-state index in [0.717, 1.165) is 46.6 Å². The van der Waals surface area contributed by atoms with Crippen LogP contribution in [-0.4, -0.2) is 16.2 Å². The maximum absolute atomic E-state index is 10.3. The van der Waals surface area contributed by atoms with E-state index in [-0.39, 0.29) is 93.0 Å². The summed E-state index contributed by atoms with van der Waals surface area (Å²) < 4.78 is 134. The van der Waals surface area contributed by atoms with Gasteiger partial charge in [0.25, 0.3) is 0 Å². The SMILES string of the molecule is [2H]c1c([2H])c(-c2c([2H])c([2H])c(C(C)(C)C)c([2H])c2C(C)(C)C)c([2H])c([2H])c1-c1cc(C([2H])([2H])C(C)C)cc(-c2ccc3c(c2)C(C)(C)CCC3(C)C)c1N1CN(c2cccc(Oc3ccc4c5c([2H])c([2H])c([2H])c([2H])c5n(-c5cc(C(C)(C)C)ccn5)c4c3)c2)c2ccccc21. The molecule has 0 radical (unpaired) electrons. The van der Waals surface area contributed by atoms with Gasteiger partial charge in [-0.3, -0.25) is 4.57 Å². The number of rotatable bonds is 10. The van der Waals surface area contributed by atoms with Gasteiger partial charge in [0.15, 0.2) is 0 Å². The summed E-state index contributed by atoms with van der Waals surface area (Å²) >= 11 is 0. The largest absolute Gasteiger partial charge is 0.457 e. The number of para-hydroxylation sites is 3. The molecule has 8 aromatic carbocycles. The molecule has 0 fully saturated rings. The molecule has 5 heteroatoms. The zero-order valence-electron chi connectivity index (χ0n) is 63.9. The van der Waals surface area contributed by atoms with Crippen LogP contribution < -0.4 is 14.5 Å². The summed E-state index contributed by atoms with van der Waals surface area (Å²) in [6, 6.07) is 31.8. The molecule has 0 unspecified atom stereocenters. The highest BCUT2D eigenvalue weighted by Crippen LogP contribution is 2.53. The highest BCUT2D eigenvalue weighted by Gasteiger charge is 2.38. The summed E-state index contributed by atoms with van der Waals surface area (Å²) in [5.74, 6) is 0.848. The quantitative estimate of drug-likeness (QED) is 0.137. The number of pyridine rings is 1. The molecule has 0 N–H and O–H groups in total. The third-order valence-corrected chi connectivity index (χ3v) is 16.8. The lowest BCUT2D eigenvalue weighted by molar-refractivity contribution is 0.332. The summed E-state index contributed by atoms with van der Waals surface area (Å²) in [6.07, 6.45) is 1.66. The molecule has 0 saturated carbocycles. The first-order chi connectivity index (χ1) is 44.7. The van der Waals surface area contributed by atoms with Gasteiger partial charge in [-0.15, -0.1) is 0 Å². The summed E-state index contributed by atoms with van der Waals surface area (Å²) in [4.78, 5) is 9.02. The second kappa shape index (κ2) is 20.5. The molecule has 1 aliphatic carbocycles. The second-order valence-electron chi connectivity index (χ2n) is 27.5. The van der Waals surface area contributed by atoms with Crippen molar-refractivity contribution in [3.05, 3.63) is 215 Å². The number of fused-ring (bicyclic) bond motifs is 5. The van der Waals surface area contributed by atoms with Crippen molar-refractivity contribution in [3.63, 3.8) is 0 Å². The summed E-state index contributed by atoms with van der Waals surface area (Å²) in [7, 11) is 0. The van der Waals surface area contributed by atoms with Crippen LogP contribution in [0.1, 0.15) is 168 Å². The van der Waals surface area contributed by atoms with E-state index in [1.807, 2.05) is 134 Å². The Hall–Kier alpha value is -7.89. The van der Waals surface area contributed by atoms with Crippen molar-refractivity contribution in [2.75, 3.05) is 16.5 Å². The number of benzene rings is 8. The lowest BCUT2D eigenvalue weighted by Crippen LogP contribution is -2.33. The van der Waals surface area contributed by atoms with Crippen molar-refractivity contribution in [2.45, 2.75) is 150 Å².